The van der Waals surface area contributed by atoms with Crippen molar-refractivity contribution in [2.45, 2.75) is 25.8 Å². The molecule has 0 aromatic rings. The Morgan fingerprint density at radius 3 is 1.69 bits per heavy atom. The highest BCUT2D eigenvalue weighted by atomic mass is 35.5. The molecule has 0 rings (SSSR count). The minimum absolute atomic E-state index is 0. The monoisotopic (exact) mass is 211 g/mol. The Labute approximate surface area is 87.1 Å². The first-order valence-electron chi connectivity index (χ1n) is 3.94. The van der Waals surface area contributed by atoms with E-state index in [-0.39, 0.29) is 17.9 Å². The van der Waals surface area contributed by atoms with Crippen molar-refractivity contribution in [2.24, 2.45) is 11.5 Å². The second-order valence-corrected chi connectivity index (χ2v) is 3.60. The van der Waals surface area contributed by atoms with Gasteiger partial charge in [-0.15, -0.1) is 12.4 Å². The van der Waals surface area contributed by atoms with Crippen LogP contribution < -0.4 is 11.5 Å². The zero-order chi connectivity index (χ0) is 10.2. The molecular weight excluding hydrogens is 190 g/mol. The summed E-state index contributed by atoms with van der Waals surface area (Å²) in [6.07, 6.45) is 1.65. The maximum absolute atomic E-state index is 9.43. The Hall–Kier alpha value is -0.320. The lowest BCUT2D eigenvalue weighted by Gasteiger charge is -2.15. The SMILES string of the molecule is CC(C)(N)CCN.CN(C)C=O.Cl. The Morgan fingerprint density at radius 2 is 1.69 bits per heavy atom. The molecule has 4 N–H and O–H groups in total. The molecule has 0 aromatic carbocycles. The van der Waals surface area contributed by atoms with Gasteiger partial charge in [-0.25, -0.2) is 0 Å². The van der Waals surface area contributed by atoms with E-state index < -0.39 is 0 Å². The summed E-state index contributed by atoms with van der Waals surface area (Å²) in [5, 5.41) is 0. The topological polar surface area (TPSA) is 72.3 Å². The lowest BCUT2D eigenvalue weighted by molar-refractivity contribution is -0.115. The van der Waals surface area contributed by atoms with Crippen LogP contribution in [0.25, 0.3) is 0 Å². The van der Waals surface area contributed by atoms with Crippen LogP contribution in [-0.4, -0.2) is 37.5 Å². The van der Waals surface area contributed by atoms with Gasteiger partial charge in [0.25, 0.3) is 0 Å². The molecule has 0 aromatic heterocycles. The van der Waals surface area contributed by atoms with Gasteiger partial charge in [-0.1, -0.05) is 0 Å². The van der Waals surface area contributed by atoms with E-state index in [2.05, 4.69) is 0 Å². The fourth-order valence-electron chi connectivity index (χ4n) is 0.372. The second kappa shape index (κ2) is 9.77. The average Bonchev–Trinajstić information content (AvgIpc) is 1.86. The van der Waals surface area contributed by atoms with Gasteiger partial charge in [-0.2, -0.15) is 0 Å². The molecule has 0 aliphatic heterocycles. The first-order valence-corrected chi connectivity index (χ1v) is 3.94. The Balaban J connectivity index is -0.000000150. The van der Waals surface area contributed by atoms with Crippen molar-refractivity contribution in [3.05, 3.63) is 0 Å². The minimum atomic E-state index is -0.0747. The van der Waals surface area contributed by atoms with E-state index in [0.29, 0.717) is 6.54 Å². The molecule has 0 fully saturated rings. The standard InChI is InChI=1S/C5H14N2.C3H7NO.ClH/c1-5(2,7)3-4-6;1-4(2)3-5;/h3-4,6-7H2,1-2H3;3H,1-2H3;1H. The summed E-state index contributed by atoms with van der Waals surface area (Å²) < 4.78 is 0. The zero-order valence-electron chi connectivity index (χ0n) is 8.91. The van der Waals surface area contributed by atoms with Crippen molar-refractivity contribution in [1.82, 2.24) is 4.90 Å². The van der Waals surface area contributed by atoms with Crippen molar-refractivity contribution in [3.8, 4) is 0 Å². The second-order valence-electron chi connectivity index (χ2n) is 3.60. The van der Waals surface area contributed by atoms with Crippen molar-refractivity contribution >= 4 is 18.8 Å². The third kappa shape index (κ3) is 33.9. The van der Waals surface area contributed by atoms with Gasteiger partial charge in [-0.05, 0) is 26.8 Å². The number of nitrogens with two attached hydrogens (primary N) is 2. The van der Waals surface area contributed by atoms with Crippen molar-refractivity contribution in [3.63, 3.8) is 0 Å². The smallest absolute Gasteiger partial charge is 0.209 e. The summed E-state index contributed by atoms with van der Waals surface area (Å²) in [7, 11) is 3.38. The summed E-state index contributed by atoms with van der Waals surface area (Å²) in [6.45, 7) is 4.63. The van der Waals surface area contributed by atoms with Gasteiger partial charge >= 0.3 is 0 Å². The van der Waals surface area contributed by atoms with Crippen molar-refractivity contribution in [1.29, 1.82) is 0 Å². The molecule has 0 radical (unpaired) electrons. The average molecular weight is 212 g/mol. The minimum Gasteiger partial charge on any atom is -0.351 e. The highest BCUT2D eigenvalue weighted by Crippen LogP contribution is 1.99. The van der Waals surface area contributed by atoms with Gasteiger partial charge in [0.05, 0.1) is 0 Å². The van der Waals surface area contributed by atoms with Crippen LogP contribution in [0.5, 0.6) is 0 Å². The number of nitrogens with zero attached hydrogens (tertiary/aromatic N) is 1. The van der Waals surface area contributed by atoms with E-state index in [4.69, 9.17) is 11.5 Å². The number of carbonyl (C=O) groups is 1. The third-order valence-electron chi connectivity index (χ3n) is 0.999. The molecule has 0 saturated carbocycles. The number of carbonyl (C=O) groups excluding carboxylic acids is 1. The molecule has 0 spiro atoms. The van der Waals surface area contributed by atoms with Gasteiger partial charge in [0.1, 0.15) is 0 Å². The number of halogens is 1. The summed E-state index contributed by atoms with van der Waals surface area (Å²) >= 11 is 0. The van der Waals surface area contributed by atoms with Crippen molar-refractivity contribution in [2.75, 3.05) is 20.6 Å². The fraction of sp³-hybridized carbons (Fsp3) is 0.875. The predicted molar refractivity (Wildman–Crippen MR) is 58.9 cm³/mol. The van der Waals surface area contributed by atoms with Gasteiger partial charge < -0.3 is 16.4 Å². The van der Waals surface area contributed by atoms with E-state index in [9.17, 15) is 4.79 Å². The summed E-state index contributed by atoms with van der Waals surface area (Å²) in [5.74, 6) is 0. The Bertz CT molecular complexity index is 112. The Kier molecular flexibility index (Phi) is 13.9. The van der Waals surface area contributed by atoms with Gasteiger partial charge in [0.15, 0.2) is 0 Å². The number of hydrogen-bond donors (Lipinski definition) is 2. The highest BCUT2D eigenvalue weighted by Gasteiger charge is 2.06. The lowest BCUT2D eigenvalue weighted by Crippen LogP contribution is -2.34. The van der Waals surface area contributed by atoms with Crippen molar-refractivity contribution < 1.29 is 4.79 Å². The highest BCUT2D eigenvalue weighted by molar-refractivity contribution is 5.85. The maximum atomic E-state index is 9.43. The molecule has 0 aliphatic rings. The summed E-state index contributed by atoms with van der Waals surface area (Å²) in [5.41, 5.74) is 10.7. The van der Waals surface area contributed by atoms with Crippen LogP contribution in [0.3, 0.4) is 0 Å². The van der Waals surface area contributed by atoms with E-state index in [0.717, 1.165) is 12.8 Å². The van der Waals surface area contributed by atoms with Crippen LogP contribution in [0.2, 0.25) is 0 Å². The van der Waals surface area contributed by atoms with Crippen LogP contribution in [-0.2, 0) is 4.79 Å². The Morgan fingerprint density at radius 1 is 1.38 bits per heavy atom. The molecule has 0 saturated heterocycles. The number of rotatable bonds is 3. The molecule has 82 valence electrons. The molecule has 0 heterocycles. The van der Waals surface area contributed by atoms with Gasteiger partial charge in [-0.3, -0.25) is 4.79 Å². The molecule has 0 aliphatic carbocycles. The molecular formula is C8H22ClN3O. The first kappa shape index (κ1) is 18.5. The predicted octanol–water partition coefficient (Wildman–Crippen LogP) is 0.199. The first-order chi connectivity index (χ1) is 5.33. The summed E-state index contributed by atoms with van der Waals surface area (Å²) in [4.78, 5) is 10.9. The van der Waals surface area contributed by atoms with Gasteiger partial charge in [0.2, 0.25) is 6.41 Å². The normalized spacial score (nSPS) is 9.08. The van der Waals surface area contributed by atoms with E-state index in [1.807, 2.05) is 13.8 Å². The van der Waals surface area contributed by atoms with Crippen LogP contribution in [0.15, 0.2) is 0 Å². The maximum Gasteiger partial charge on any atom is 0.209 e. The molecule has 13 heavy (non-hydrogen) atoms. The molecule has 4 nitrogen and oxygen atoms in total. The quantitative estimate of drug-likeness (QED) is 0.656. The summed E-state index contributed by atoms with van der Waals surface area (Å²) in [6, 6.07) is 0. The number of hydrogen-bond acceptors (Lipinski definition) is 3. The number of amides is 1. The molecule has 0 bridgehead atoms. The lowest BCUT2D eigenvalue weighted by atomic mass is 10.0. The van der Waals surface area contributed by atoms with E-state index >= 15 is 0 Å². The van der Waals surface area contributed by atoms with E-state index in [1.165, 1.54) is 4.90 Å². The van der Waals surface area contributed by atoms with Crippen LogP contribution >= 0.6 is 12.4 Å². The van der Waals surface area contributed by atoms with Crippen LogP contribution in [0.1, 0.15) is 20.3 Å². The van der Waals surface area contributed by atoms with E-state index in [1.54, 1.807) is 14.1 Å². The largest absolute Gasteiger partial charge is 0.351 e. The van der Waals surface area contributed by atoms with Crippen LogP contribution in [0, 0.1) is 0 Å². The third-order valence-corrected chi connectivity index (χ3v) is 0.999. The van der Waals surface area contributed by atoms with Crippen LogP contribution in [0.4, 0.5) is 0 Å². The molecule has 0 atom stereocenters. The fourth-order valence-corrected chi connectivity index (χ4v) is 0.372. The zero-order valence-corrected chi connectivity index (χ0v) is 9.73. The molecule has 5 heteroatoms. The molecule has 1 amide bonds. The van der Waals surface area contributed by atoms with Gasteiger partial charge in [0, 0.05) is 19.6 Å². The molecule has 0 unspecified atom stereocenters.